The van der Waals surface area contributed by atoms with Gasteiger partial charge in [0.2, 0.25) is 0 Å². The summed E-state index contributed by atoms with van der Waals surface area (Å²) in [5.41, 5.74) is 5.70. The second kappa shape index (κ2) is 3.30. The molecular formula is C9H17FN2. The Balaban J connectivity index is 1.75. The molecule has 0 atom stereocenters. The van der Waals surface area contributed by atoms with Crippen LogP contribution in [0.5, 0.6) is 0 Å². The van der Waals surface area contributed by atoms with Crippen LogP contribution in [0.15, 0.2) is 0 Å². The molecule has 2 rings (SSSR count). The molecule has 1 aliphatic carbocycles. The molecule has 2 nitrogen and oxygen atoms in total. The third kappa shape index (κ3) is 1.62. The van der Waals surface area contributed by atoms with Crippen LogP contribution >= 0.6 is 0 Å². The van der Waals surface area contributed by atoms with Crippen molar-refractivity contribution in [3.63, 3.8) is 0 Å². The molecule has 0 aromatic carbocycles. The second-order valence-electron chi connectivity index (χ2n) is 4.10. The number of hydrogen-bond acceptors (Lipinski definition) is 2. The zero-order valence-corrected chi connectivity index (χ0v) is 7.38. The predicted octanol–water partition coefficient (Wildman–Crippen LogP) is 0.910. The van der Waals surface area contributed by atoms with Crippen molar-refractivity contribution in [3.8, 4) is 0 Å². The molecule has 0 radical (unpaired) electrons. The van der Waals surface area contributed by atoms with Gasteiger partial charge in [-0.1, -0.05) is 0 Å². The summed E-state index contributed by atoms with van der Waals surface area (Å²) in [4.78, 5) is 2.40. The van der Waals surface area contributed by atoms with Crippen molar-refractivity contribution in [2.75, 3.05) is 13.1 Å². The summed E-state index contributed by atoms with van der Waals surface area (Å²) in [5, 5.41) is 0. The van der Waals surface area contributed by atoms with E-state index in [2.05, 4.69) is 4.90 Å². The molecule has 2 fully saturated rings. The zero-order valence-electron chi connectivity index (χ0n) is 7.38. The molecule has 1 saturated heterocycles. The molecule has 70 valence electrons. The van der Waals surface area contributed by atoms with E-state index >= 15 is 0 Å². The molecule has 1 heterocycles. The molecule has 2 aliphatic rings. The number of rotatable bonds is 1. The fourth-order valence-electron chi connectivity index (χ4n) is 2.16. The SMILES string of the molecule is NC1CC(N2CCC(F)CC2)C1. The van der Waals surface area contributed by atoms with Gasteiger partial charge in [0, 0.05) is 25.2 Å². The van der Waals surface area contributed by atoms with E-state index in [1.165, 1.54) is 0 Å². The van der Waals surface area contributed by atoms with Gasteiger partial charge in [-0.3, -0.25) is 0 Å². The van der Waals surface area contributed by atoms with Crippen LogP contribution in [0.4, 0.5) is 4.39 Å². The van der Waals surface area contributed by atoms with Crippen molar-refractivity contribution in [3.05, 3.63) is 0 Å². The Morgan fingerprint density at radius 2 is 1.75 bits per heavy atom. The molecule has 0 amide bonds. The van der Waals surface area contributed by atoms with Crippen molar-refractivity contribution < 1.29 is 4.39 Å². The average Bonchev–Trinajstić information content (AvgIpc) is 2.01. The fourth-order valence-corrected chi connectivity index (χ4v) is 2.16. The Hall–Kier alpha value is -0.150. The van der Waals surface area contributed by atoms with Crippen LogP contribution in [-0.4, -0.2) is 36.2 Å². The minimum Gasteiger partial charge on any atom is -0.328 e. The van der Waals surface area contributed by atoms with Crippen LogP contribution in [0.25, 0.3) is 0 Å². The molecule has 0 unspecified atom stereocenters. The Morgan fingerprint density at radius 3 is 2.25 bits per heavy atom. The highest BCUT2D eigenvalue weighted by Gasteiger charge is 2.33. The number of hydrogen-bond donors (Lipinski definition) is 1. The van der Waals surface area contributed by atoms with Crippen molar-refractivity contribution in [1.82, 2.24) is 4.90 Å². The minimum atomic E-state index is -0.546. The average molecular weight is 172 g/mol. The summed E-state index contributed by atoms with van der Waals surface area (Å²) < 4.78 is 12.8. The molecule has 0 bridgehead atoms. The van der Waals surface area contributed by atoms with Gasteiger partial charge >= 0.3 is 0 Å². The van der Waals surface area contributed by atoms with E-state index < -0.39 is 6.17 Å². The van der Waals surface area contributed by atoms with Crippen LogP contribution in [0.1, 0.15) is 25.7 Å². The molecule has 3 heteroatoms. The molecule has 2 N–H and O–H groups in total. The van der Waals surface area contributed by atoms with E-state index in [-0.39, 0.29) is 0 Å². The lowest BCUT2D eigenvalue weighted by Crippen LogP contribution is -2.53. The van der Waals surface area contributed by atoms with Gasteiger partial charge in [0.25, 0.3) is 0 Å². The normalized spacial score (nSPS) is 39.5. The monoisotopic (exact) mass is 172 g/mol. The highest BCUT2D eigenvalue weighted by atomic mass is 19.1. The van der Waals surface area contributed by atoms with Gasteiger partial charge in [0.05, 0.1) is 0 Å². The van der Waals surface area contributed by atoms with Crippen LogP contribution in [0.3, 0.4) is 0 Å². The van der Waals surface area contributed by atoms with Gasteiger partial charge in [-0.2, -0.15) is 0 Å². The van der Waals surface area contributed by atoms with Crippen molar-refractivity contribution in [2.24, 2.45) is 5.73 Å². The standard InChI is InChI=1S/C9H17FN2/c10-7-1-3-12(4-2-7)9-5-8(11)6-9/h7-9H,1-6,11H2. The Morgan fingerprint density at radius 1 is 1.17 bits per heavy atom. The first-order chi connectivity index (χ1) is 5.75. The number of alkyl halides is 1. The van der Waals surface area contributed by atoms with E-state index in [9.17, 15) is 4.39 Å². The quantitative estimate of drug-likeness (QED) is 0.637. The lowest BCUT2D eigenvalue weighted by atomic mass is 9.85. The summed E-state index contributed by atoms with van der Waals surface area (Å²) >= 11 is 0. The van der Waals surface area contributed by atoms with Crippen LogP contribution in [0.2, 0.25) is 0 Å². The lowest BCUT2D eigenvalue weighted by Gasteiger charge is -2.43. The Bertz CT molecular complexity index is 149. The number of nitrogens with zero attached hydrogens (tertiary/aromatic N) is 1. The Kier molecular flexibility index (Phi) is 2.33. The number of nitrogens with two attached hydrogens (primary N) is 1. The largest absolute Gasteiger partial charge is 0.328 e. The summed E-state index contributed by atoms with van der Waals surface area (Å²) in [6.07, 6.45) is 3.15. The highest BCUT2D eigenvalue weighted by Crippen LogP contribution is 2.27. The smallest absolute Gasteiger partial charge is 0.103 e. The first-order valence-corrected chi connectivity index (χ1v) is 4.89. The van der Waals surface area contributed by atoms with Gasteiger partial charge < -0.3 is 10.6 Å². The summed E-state index contributed by atoms with van der Waals surface area (Å²) in [5.74, 6) is 0. The van der Waals surface area contributed by atoms with E-state index in [4.69, 9.17) is 5.73 Å². The third-order valence-corrected chi connectivity index (χ3v) is 3.13. The van der Waals surface area contributed by atoms with Crippen LogP contribution in [-0.2, 0) is 0 Å². The number of likely N-dealkylation sites (tertiary alicyclic amines) is 1. The third-order valence-electron chi connectivity index (χ3n) is 3.13. The molecule has 1 aliphatic heterocycles. The number of piperidine rings is 1. The van der Waals surface area contributed by atoms with E-state index in [1.807, 2.05) is 0 Å². The molecule has 12 heavy (non-hydrogen) atoms. The fraction of sp³-hybridized carbons (Fsp3) is 1.00. The highest BCUT2D eigenvalue weighted by molar-refractivity contribution is 4.91. The van der Waals surface area contributed by atoms with Gasteiger partial charge in [-0.05, 0) is 25.7 Å². The maximum atomic E-state index is 12.8. The van der Waals surface area contributed by atoms with Gasteiger partial charge in [0.15, 0.2) is 0 Å². The van der Waals surface area contributed by atoms with Crippen LogP contribution in [0, 0.1) is 0 Å². The summed E-state index contributed by atoms with van der Waals surface area (Å²) in [7, 11) is 0. The minimum absolute atomic E-state index is 0.415. The van der Waals surface area contributed by atoms with Gasteiger partial charge in [-0.25, -0.2) is 4.39 Å². The van der Waals surface area contributed by atoms with Crippen molar-refractivity contribution in [2.45, 2.75) is 43.9 Å². The molecule has 0 aromatic rings. The zero-order chi connectivity index (χ0) is 8.55. The van der Waals surface area contributed by atoms with E-state index in [0.29, 0.717) is 12.1 Å². The molecule has 1 saturated carbocycles. The van der Waals surface area contributed by atoms with Crippen molar-refractivity contribution in [1.29, 1.82) is 0 Å². The Labute approximate surface area is 72.9 Å². The van der Waals surface area contributed by atoms with E-state index in [0.717, 1.165) is 38.8 Å². The van der Waals surface area contributed by atoms with E-state index in [1.54, 1.807) is 0 Å². The molecule has 0 spiro atoms. The molecular weight excluding hydrogens is 155 g/mol. The lowest BCUT2D eigenvalue weighted by molar-refractivity contribution is 0.0625. The van der Waals surface area contributed by atoms with Crippen molar-refractivity contribution >= 4 is 0 Å². The van der Waals surface area contributed by atoms with Gasteiger partial charge in [-0.15, -0.1) is 0 Å². The summed E-state index contributed by atoms with van der Waals surface area (Å²) in [6.45, 7) is 1.89. The second-order valence-corrected chi connectivity index (χ2v) is 4.10. The first kappa shape index (κ1) is 8.45. The van der Waals surface area contributed by atoms with Gasteiger partial charge in [0.1, 0.15) is 6.17 Å². The maximum Gasteiger partial charge on any atom is 0.103 e. The summed E-state index contributed by atoms with van der Waals surface area (Å²) in [6, 6.07) is 1.09. The molecule has 0 aromatic heterocycles. The first-order valence-electron chi connectivity index (χ1n) is 4.89. The predicted molar refractivity (Wildman–Crippen MR) is 46.7 cm³/mol. The number of halogens is 1. The maximum absolute atomic E-state index is 12.8. The van der Waals surface area contributed by atoms with Crippen LogP contribution < -0.4 is 5.73 Å². The topological polar surface area (TPSA) is 29.3 Å².